The van der Waals surface area contributed by atoms with Crippen LogP contribution >= 0.6 is 0 Å². The van der Waals surface area contributed by atoms with Crippen molar-refractivity contribution in [3.63, 3.8) is 0 Å². The van der Waals surface area contributed by atoms with Crippen LogP contribution in [0.3, 0.4) is 0 Å². The zero-order valence-corrected chi connectivity index (χ0v) is 12.9. The normalized spacial score (nSPS) is 15.1. The summed E-state index contributed by atoms with van der Waals surface area (Å²) < 4.78 is 0. The van der Waals surface area contributed by atoms with Crippen LogP contribution in [0.4, 0.5) is 11.6 Å². The van der Waals surface area contributed by atoms with Crippen LogP contribution in [0.1, 0.15) is 45.4 Å². The zero-order chi connectivity index (χ0) is 15.2. The molecule has 116 valence electrons. The third-order valence-electron chi connectivity index (χ3n) is 3.82. The number of nitrogens with one attached hydrogen (secondary N) is 1. The topological polar surface area (TPSA) is 84.1 Å². The molecule has 0 atom stereocenters. The van der Waals surface area contributed by atoms with Gasteiger partial charge in [0, 0.05) is 25.1 Å². The lowest BCUT2D eigenvalue weighted by molar-refractivity contribution is -0.116. The van der Waals surface area contributed by atoms with Gasteiger partial charge in [-0.2, -0.15) is 0 Å². The van der Waals surface area contributed by atoms with E-state index >= 15 is 0 Å². The lowest BCUT2D eigenvalue weighted by Gasteiger charge is -2.29. The number of hydrogen-bond donors (Lipinski definition) is 2. The fourth-order valence-corrected chi connectivity index (χ4v) is 2.84. The molecule has 6 nitrogen and oxygen atoms in total. The fourth-order valence-electron chi connectivity index (χ4n) is 2.84. The Morgan fingerprint density at radius 2 is 2.10 bits per heavy atom. The molecule has 2 rings (SSSR count). The van der Waals surface area contributed by atoms with Gasteiger partial charge in [-0.3, -0.25) is 4.79 Å². The predicted octanol–water partition coefficient (Wildman–Crippen LogP) is 1.71. The molecule has 1 aromatic rings. The molecule has 1 aliphatic carbocycles. The first-order chi connectivity index (χ1) is 10.1. The largest absolute Gasteiger partial charge is 0.370 e. The second-order valence-corrected chi connectivity index (χ2v) is 5.44. The number of carbonyl (C=O) groups is 1. The van der Waals surface area contributed by atoms with Crippen LogP contribution in [0.5, 0.6) is 0 Å². The van der Waals surface area contributed by atoms with Crippen molar-refractivity contribution in [2.24, 2.45) is 5.73 Å². The maximum Gasteiger partial charge on any atom is 0.237 e. The van der Waals surface area contributed by atoms with E-state index in [-0.39, 0.29) is 12.5 Å². The first kappa shape index (κ1) is 15.5. The molecular formula is C15H25N5O. The van der Waals surface area contributed by atoms with Crippen LogP contribution in [-0.4, -0.2) is 35.0 Å². The number of nitrogens with zero attached hydrogens (tertiary/aromatic N) is 3. The lowest BCUT2D eigenvalue weighted by atomic mass is 10.2. The molecule has 0 unspecified atom stereocenters. The summed E-state index contributed by atoms with van der Waals surface area (Å²) in [4.78, 5) is 22.5. The summed E-state index contributed by atoms with van der Waals surface area (Å²) >= 11 is 0. The fraction of sp³-hybridized carbons (Fsp3) is 0.667. The van der Waals surface area contributed by atoms with E-state index in [9.17, 15) is 4.79 Å². The molecule has 1 heterocycles. The molecule has 21 heavy (non-hydrogen) atoms. The van der Waals surface area contributed by atoms with Gasteiger partial charge in [0.15, 0.2) is 0 Å². The van der Waals surface area contributed by atoms with E-state index in [0.29, 0.717) is 6.04 Å². The average Bonchev–Trinajstić information content (AvgIpc) is 2.98. The van der Waals surface area contributed by atoms with E-state index in [1.165, 1.54) is 12.8 Å². The number of amides is 1. The van der Waals surface area contributed by atoms with Crippen molar-refractivity contribution in [1.29, 1.82) is 0 Å². The third kappa shape index (κ3) is 4.06. The van der Waals surface area contributed by atoms with Crippen molar-refractivity contribution in [2.75, 3.05) is 23.3 Å². The van der Waals surface area contributed by atoms with E-state index in [4.69, 9.17) is 5.73 Å². The molecule has 6 heteroatoms. The quantitative estimate of drug-likeness (QED) is 0.799. The molecule has 0 radical (unpaired) electrons. The third-order valence-corrected chi connectivity index (χ3v) is 3.82. The van der Waals surface area contributed by atoms with Crippen molar-refractivity contribution >= 4 is 17.5 Å². The standard InChI is InChI=1S/C15H25N5O/c1-3-13-18-14(17-4-2)9-15(19-13)20(10-12(16)21)11-7-5-6-8-11/h9,11H,3-8,10H2,1-2H3,(H2,16,21)(H,17,18,19). The molecule has 1 aromatic heterocycles. The number of aryl methyl sites for hydroxylation is 1. The Bertz CT molecular complexity index is 485. The molecule has 0 aliphatic heterocycles. The summed E-state index contributed by atoms with van der Waals surface area (Å²) in [6, 6.07) is 2.27. The summed E-state index contributed by atoms with van der Waals surface area (Å²) in [5, 5.41) is 3.23. The van der Waals surface area contributed by atoms with Gasteiger partial charge in [0.2, 0.25) is 5.91 Å². The van der Waals surface area contributed by atoms with Gasteiger partial charge < -0.3 is 16.0 Å². The summed E-state index contributed by atoms with van der Waals surface area (Å²) in [5.74, 6) is 2.09. The summed E-state index contributed by atoms with van der Waals surface area (Å²) in [6.07, 6.45) is 5.35. The molecule has 1 amide bonds. The molecule has 0 bridgehead atoms. The Kier molecular flexibility index (Phi) is 5.36. The minimum absolute atomic E-state index is 0.219. The van der Waals surface area contributed by atoms with Crippen LogP contribution in [-0.2, 0) is 11.2 Å². The second kappa shape index (κ2) is 7.24. The Morgan fingerprint density at radius 3 is 2.67 bits per heavy atom. The van der Waals surface area contributed by atoms with Crippen LogP contribution in [0.25, 0.3) is 0 Å². The summed E-state index contributed by atoms with van der Waals surface area (Å²) in [7, 11) is 0. The van der Waals surface area contributed by atoms with Crippen LogP contribution in [0.2, 0.25) is 0 Å². The van der Waals surface area contributed by atoms with Crippen LogP contribution < -0.4 is 16.0 Å². The van der Waals surface area contributed by atoms with Gasteiger partial charge in [-0.15, -0.1) is 0 Å². The van der Waals surface area contributed by atoms with Gasteiger partial charge in [-0.1, -0.05) is 19.8 Å². The minimum atomic E-state index is -0.316. The van der Waals surface area contributed by atoms with Gasteiger partial charge in [0.05, 0.1) is 6.54 Å². The number of anilines is 2. The predicted molar refractivity (Wildman–Crippen MR) is 84.4 cm³/mol. The highest BCUT2D eigenvalue weighted by molar-refractivity contribution is 5.79. The Hall–Kier alpha value is -1.85. The van der Waals surface area contributed by atoms with Gasteiger partial charge in [-0.05, 0) is 19.8 Å². The first-order valence-electron chi connectivity index (χ1n) is 7.80. The number of nitrogens with two attached hydrogens (primary N) is 1. The number of carbonyl (C=O) groups excluding carboxylic acids is 1. The molecule has 0 saturated heterocycles. The maximum atomic E-state index is 11.4. The van der Waals surface area contributed by atoms with E-state index < -0.39 is 0 Å². The molecule has 3 N–H and O–H groups in total. The number of hydrogen-bond acceptors (Lipinski definition) is 5. The second-order valence-electron chi connectivity index (χ2n) is 5.44. The number of rotatable bonds is 7. The van der Waals surface area contributed by atoms with Gasteiger partial charge in [0.1, 0.15) is 17.5 Å². The highest BCUT2D eigenvalue weighted by Gasteiger charge is 2.25. The first-order valence-corrected chi connectivity index (χ1v) is 7.80. The van der Waals surface area contributed by atoms with Crippen molar-refractivity contribution in [3.8, 4) is 0 Å². The maximum absolute atomic E-state index is 11.4. The van der Waals surface area contributed by atoms with E-state index in [1.807, 2.05) is 19.9 Å². The molecule has 1 saturated carbocycles. The van der Waals surface area contributed by atoms with E-state index in [1.54, 1.807) is 0 Å². The molecule has 1 aliphatic rings. The minimum Gasteiger partial charge on any atom is -0.370 e. The van der Waals surface area contributed by atoms with Crippen LogP contribution in [0, 0.1) is 0 Å². The molecule has 0 aromatic carbocycles. The SMILES string of the molecule is CCNc1cc(N(CC(N)=O)C2CCCC2)nc(CC)n1. The molecule has 1 fully saturated rings. The highest BCUT2D eigenvalue weighted by atomic mass is 16.1. The summed E-state index contributed by atoms with van der Waals surface area (Å²) in [5.41, 5.74) is 5.43. The van der Waals surface area contributed by atoms with Crippen LogP contribution in [0.15, 0.2) is 6.07 Å². The monoisotopic (exact) mass is 291 g/mol. The number of aromatic nitrogens is 2. The lowest BCUT2D eigenvalue weighted by Crippen LogP contribution is -2.41. The van der Waals surface area contributed by atoms with Crippen molar-refractivity contribution in [3.05, 3.63) is 11.9 Å². The average molecular weight is 291 g/mol. The van der Waals surface area contributed by atoms with Crippen molar-refractivity contribution in [1.82, 2.24) is 9.97 Å². The van der Waals surface area contributed by atoms with E-state index in [0.717, 1.165) is 43.3 Å². The zero-order valence-electron chi connectivity index (χ0n) is 12.9. The Labute approximate surface area is 126 Å². The van der Waals surface area contributed by atoms with Gasteiger partial charge in [0.25, 0.3) is 0 Å². The molecular weight excluding hydrogens is 266 g/mol. The summed E-state index contributed by atoms with van der Waals surface area (Å²) in [6.45, 7) is 5.09. The Morgan fingerprint density at radius 1 is 1.38 bits per heavy atom. The van der Waals surface area contributed by atoms with Gasteiger partial charge in [-0.25, -0.2) is 9.97 Å². The molecule has 0 spiro atoms. The number of primary amides is 1. The smallest absolute Gasteiger partial charge is 0.237 e. The van der Waals surface area contributed by atoms with E-state index in [2.05, 4.69) is 20.2 Å². The highest BCUT2D eigenvalue weighted by Crippen LogP contribution is 2.28. The Balaban J connectivity index is 2.32. The van der Waals surface area contributed by atoms with Gasteiger partial charge >= 0.3 is 0 Å². The van der Waals surface area contributed by atoms with Crippen molar-refractivity contribution < 1.29 is 4.79 Å². The van der Waals surface area contributed by atoms with Crippen molar-refractivity contribution in [2.45, 2.75) is 52.0 Å².